The van der Waals surface area contributed by atoms with Crippen LogP contribution < -0.4 is 18.9 Å². The minimum Gasteiger partial charge on any atom is -0.497 e. The number of hydrogen-bond donors (Lipinski definition) is 0. The number of benzene rings is 3. The molecule has 0 unspecified atom stereocenters. The van der Waals surface area contributed by atoms with Crippen LogP contribution in [0.4, 0.5) is 0 Å². The number of carbonyl (C=O) groups is 1. The van der Waals surface area contributed by atoms with Crippen LogP contribution in [0.3, 0.4) is 0 Å². The number of carbonyl (C=O) groups excluding carboxylic acids is 1. The largest absolute Gasteiger partial charge is 0.497 e. The summed E-state index contributed by atoms with van der Waals surface area (Å²) < 4.78 is 22.1. The molecule has 5 heteroatoms. The number of rotatable bonds is 14. The second-order valence-corrected chi connectivity index (χ2v) is 8.57. The van der Waals surface area contributed by atoms with E-state index in [2.05, 4.69) is 6.92 Å². The number of methoxy groups -OCH3 is 3. The third-order valence-electron chi connectivity index (χ3n) is 5.98. The lowest BCUT2D eigenvalue weighted by molar-refractivity contribution is 0.104. The van der Waals surface area contributed by atoms with Crippen molar-refractivity contribution in [1.82, 2.24) is 0 Å². The Balaban J connectivity index is 1.77. The molecule has 0 amide bonds. The van der Waals surface area contributed by atoms with E-state index in [1.54, 1.807) is 45.6 Å². The van der Waals surface area contributed by atoms with Crippen molar-refractivity contribution in [3.05, 3.63) is 89.0 Å². The average Bonchev–Trinajstić information content (AvgIpc) is 2.95. The summed E-state index contributed by atoms with van der Waals surface area (Å²) in [4.78, 5) is 12.9. The first-order valence-corrected chi connectivity index (χ1v) is 12.6. The number of ether oxygens (including phenoxy) is 4. The molecule has 0 aliphatic rings. The summed E-state index contributed by atoms with van der Waals surface area (Å²) in [5, 5.41) is 0. The molecule has 0 saturated heterocycles. The Hall–Kier alpha value is -3.99. The van der Waals surface area contributed by atoms with Gasteiger partial charge in [0.15, 0.2) is 5.78 Å². The van der Waals surface area contributed by atoms with E-state index in [0.717, 1.165) is 34.6 Å². The van der Waals surface area contributed by atoms with Gasteiger partial charge in [0.25, 0.3) is 0 Å². The Morgan fingerprint density at radius 2 is 1.43 bits per heavy atom. The maximum absolute atomic E-state index is 12.9. The van der Waals surface area contributed by atoms with Crippen LogP contribution in [0.5, 0.6) is 23.0 Å². The van der Waals surface area contributed by atoms with E-state index in [1.165, 1.54) is 19.3 Å². The van der Waals surface area contributed by atoms with Gasteiger partial charge in [-0.1, -0.05) is 50.5 Å². The van der Waals surface area contributed by atoms with E-state index in [4.69, 9.17) is 18.9 Å². The molecule has 3 aromatic carbocycles. The van der Waals surface area contributed by atoms with Gasteiger partial charge in [-0.3, -0.25) is 4.79 Å². The van der Waals surface area contributed by atoms with Gasteiger partial charge in [-0.05, 0) is 72.2 Å². The zero-order chi connectivity index (χ0) is 26.5. The Morgan fingerprint density at radius 3 is 2.08 bits per heavy atom. The normalized spacial score (nSPS) is 11.1. The highest BCUT2D eigenvalue weighted by molar-refractivity contribution is 6.07. The van der Waals surface area contributed by atoms with E-state index in [9.17, 15) is 4.79 Å². The lowest BCUT2D eigenvalue weighted by Crippen LogP contribution is -1.99. The lowest BCUT2D eigenvalue weighted by atomic mass is 10.0. The fourth-order valence-electron chi connectivity index (χ4n) is 3.82. The summed E-state index contributed by atoms with van der Waals surface area (Å²) in [6, 6.07) is 18.8. The molecule has 0 spiro atoms. The molecule has 3 rings (SSSR count). The molecule has 0 aliphatic heterocycles. The van der Waals surface area contributed by atoms with Gasteiger partial charge in [0, 0.05) is 17.2 Å². The van der Waals surface area contributed by atoms with Crippen molar-refractivity contribution in [3.8, 4) is 23.0 Å². The van der Waals surface area contributed by atoms with Crippen LogP contribution in [-0.4, -0.2) is 33.7 Å². The molecule has 0 bridgehead atoms. The summed E-state index contributed by atoms with van der Waals surface area (Å²) in [5.74, 6) is 2.76. The molecule has 0 heterocycles. The van der Waals surface area contributed by atoms with Gasteiger partial charge < -0.3 is 18.9 Å². The van der Waals surface area contributed by atoms with Crippen LogP contribution in [0.15, 0.2) is 66.7 Å². The zero-order valence-electron chi connectivity index (χ0n) is 22.2. The molecular formula is C32H36O5. The van der Waals surface area contributed by atoms with Gasteiger partial charge in [0.2, 0.25) is 0 Å². The second-order valence-electron chi connectivity index (χ2n) is 8.57. The summed E-state index contributed by atoms with van der Waals surface area (Å²) >= 11 is 0. The fourth-order valence-corrected chi connectivity index (χ4v) is 3.82. The van der Waals surface area contributed by atoms with Gasteiger partial charge in [-0.2, -0.15) is 0 Å². The average molecular weight is 501 g/mol. The summed E-state index contributed by atoms with van der Waals surface area (Å²) in [5.41, 5.74) is 3.26. The topological polar surface area (TPSA) is 54.0 Å². The van der Waals surface area contributed by atoms with Crippen LogP contribution in [0.1, 0.15) is 59.7 Å². The van der Waals surface area contributed by atoms with Gasteiger partial charge in [-0.15, -0.1) is 0 Å². The van der Waals surface area contributed by atoms with Crippen molar-refractivity contribution in [3.63, 3.8) is 0 Å². The highest BCUT2D eigenvalue weighted by atomic mass is 16.5. The van der Waals surface area contributed by atoms with Crippen LogP contribution in [-0.2, 0) is 0 Å². The smallest absolute Gasteiger partial charge is 0.185 e. The van der Waals surface area contributed by atoms with Crippen molar-refractivity contribution in [2.24, 2.45) is 0 Å². The molecule has 194 valence electrons. The van der Waals surface area contributed by atoms with Gasteiger partial charge in [0.05, 0.1) is 27.9 Å². The SMILES string of the molecule is CCCCCCOc1ccc(C(=O)/C=C/c2c(/C=C/c3ccc(OC)cc3)cc(OC)cc2OC)cc1. The Labute approximate surface area is 220 Å². The summed E-state index contributed by atoms with van der Waals surface area (Å²) in [6.07, 6.45) is 12.0. The molecule has 5 nitrogen and oxygen atoms in total. The monoisotopic (exact) mass is 500 g/mol. The molecule has 0 radical (unpaired) electrons. The Kier molecular flexibility index (Phi) is 10.8. The lowest BCUT2D eigenvalue weighted by Gasteiger charge is -2.12. The fraction of sp³-hybridized carbons (Fsp3) is 0.281. The highest BCUT2D eigenvalue weighted by Gasteiger charge is 2.10. The van der Waals surface area contributed by atoms with Crippen molar-refractivity contribution in [2.75, 3.05) is 27.9 Å². The quantitative estimate of drug-likeness (QED) is 0.0981. The molecule has 0 fully saturated rings. The first kappa shape index (κ1) is 27.6. The third kappa shape index (κ3) is 8.28. The maximum atomic E-state index is 12.9. The van der Waals surface area contributed by atoms with E-state index >= 15 is 0 Å². The molecular weight excluding hydrogens is 464 g/mol. The van der Waals surface area contributed by atoms with Crippen molar-refractivity contribution < 1.29 is 23.7 Å². The standard InChI is InChI=1S/C32H36O5/c1-5-6-7-8-21-37-28-17-13-25(14-18-28)31(33)20-19-30-26(22-29(35-3)23-32(30)36-4)12-9-24-10-15-27(34-2)16-11-24/h9-20,22-23H,5-8,21H2,1-4H3/b12-9+,20-19+. The van der Waals surface area contributed by atoms with Crippen molar-refractivity contribution in [2.45, 2.75) is 32.6 Å². The van der Waals surface area contributed by atoms with Gasteiger partial charge in [-0.25, -0.2) is 0 Å². The zero-order valence-corrected chi connectivity index (χ0v) is 22.2. The third-order valence-corrected chi connectivity index (χ3v) is 5.98. The second kappa shape index (κ2) is 14.5. The van der Waals surface area contributed by atoms with E-state index < -0.39 is 0 Å². The molecule has 3 aromatic rings. The molecule has 0 N–H and O–H groups in total. The Morgan fingerprint density at radius 1 is 0.730 bits per heavy atom. The van der Waals surface area contributed by atoms with Crippen LogP contribution in [0.2, 0.25) is 0 Å². The summed E-state index contributed by atoms with van der Waals surface area (Å²) in [7, 11) is 4.86. The van der Waals surface area contributed by atoms with E-state index in [0.29, 0.717) is 23.7 Å². The predicted molar refractivity (Wildman–Crippen MR) is 151 cm³/mol. The van der Waals surface area contributed by atoms with Crippen molar-refractivity contribution >= 4 is 24.0 Å². The number of unbranched alkanes of at least 4 members (excludes halogenated alkanes) is 3. The maximum Gasteiger partial charge on any atom is 0.185 e. The minimum absolute atomic E-state index is 0.0996. The van der Waals surface area contributed by atoms with Gasteiger partial charge in [0.1, 0.15) is 23.0 Å². The minimum atomic E-state index is -0.0996. The highest BCUT2D eigenvalue weighted by Crippen LogP contribution is 2.31. The molecule has 0 aliphatic carbocycles. The predicted octanol–water partition coefficient (Wildman–Crippen LogP) is 7.74. The molecule has 0 aromatic heterocycles. The van der Waals surface area contributed by atoms with Crippen LogP contribution in [0.25, 0.3) is 18.2 Å². The van der Waals surface area contributed by atoms with Gasteiger partial charge >= 0.3 is 0 Å². The van der Waals surface area contributed by atoms with Crippen LogP contribution >= 0.6 is 0 Å². The Bertz CT molecular complexity index is 1190. The van der Waals surface area contributed by atoms with Crippen LogP contribution in [0, 0.1) is 0 Å². The molecule has 0 saturated carbocycles. The number of allylic oxidation sites excluding steroid dienone is 1. The first-order valence-electron chi connectivity index (χ1n) is 12.6. The van der Waals surface area contributed by atoms with E-state index in [-0.39, 0.29) is 5.78 Å². The number of ketones is 1. The molecule has 37 heavy (non-hydrogen) atoms. The van der Waals surface area contributed by atoms with E-state index in [1.807, 2.05) is 60.7 Å². The summed E-state index contributed by atoms with van der Waals surface area (Å²) in [6.45, 7) is 2.88. The first-order chi connectivity index (χ1) is 18.1. The molecule has 0 atom stereocenters. The van der Waals surface area contributed by atoms with Crippen molar-refractivity contribution in [1.29, 1.82) is 0 Å². The number of hydrogen-bond acceptors (Lipinski definition) is 5.